The van der Waals surface area contributed by atoms with E-state index in [1.54, 1.807) is 6.92 Å². The van der Waals surface area contributed by atoms with Gasteiger partial charge in [0.1, 0.15) is 5.82 Å². The Labute approximate surface area is 121 Å². The molecule has 1 aromatic heterocycles. The van der Waals surface area contributed by atoms with E-state index in [0.29, 0.717) is 24.2 Å². The van der Waals surface area contributed by atoms with E-state index >= 15 is 0 Å². The van der Waals surface area contributed by atoms with E-state index in [9.17, 15) is 8.42 Å². The third-order valence-corrected chi connectivity index (χ3v) is 5.36. The van der Waals surface area contributed by atoms with Crippen molar-refractivity contribution in [1.29, 1.82) is 0 Å². The van der Waals surface area contributed by atoms with Gasteiger partial charge in [0, 0.05) is 18.4 Å². The number of alkyl halides is 1. The van der Waals surface area contributed by atoms with Gasteiger partial charge in [0.05, 0.1) is 17.9 Å². The molecular formula is C11H18BrN3O3S. The Hall–Kier alpha value is -0.440. The minimum atomic E-state index is -3.54. The second-order valence-corrected chi connectivity index (χ2v) is 7.84. The third kappa shape index (κ3) is 3.18. The van der Waals surface area contributed by atoms with Crippen LogP contribution in [0.25, 0.3) is 0 Å². The Morgan fingerprint density at radius 3 is 2.84 bits per heavy atom. The number of aryl methyl sites for hydroxylation is 1. The standard InChI is InChI=1S/C11H18BrN3O3S/c1-8-13-5-10(14-8)19(16,17)15-6-9(4-12)18-11(2,3)7-15/h5,9H,4,6-7H2,1-3H3,(H,13,14). The topological polar surface area (TPSA) is 75.3 Å². The van der Waals surface area contributed by atoms with Gasteiger partial charge in [-0.3, -0.25) is 0 Å². The zero-order valence-electron chi connectivity index (χ0n) is 11.2. The molecule has 1 saturated heterocycles. The van der Waals surface area contributed by atoms with Gasteiger partial charge in [0.15, 0.2) is 5.03 Å². The van der Waals surface area contributed by atoms with Crippen LogP contribution in [0, 0.1) is 6.92 Å². The van der Waals surface area contributed by atoms with Crippen LogP contribution in [0.4, 0.5) is 0 Å². The fourth-order valence-electron chi connectivity index (χ4n) is 2.17. The molecule has 2 rings (SSSR count). The van der Waals surface area contributed by atoms with Gasteiger partial charge in [-0.25, -0.2) is 13.4 Å². The Kier molecular flexibility index (Phi) is 4.06. The van der Waals surface area contributed by atoms with Crippen molar-refractivity contribution in [3.05, 3.63) is 12.0 Å². The van der Waals surface area contributed by atoms with Gasteiger partial charge in [-0.15, -0.1) is 0 Å². The van der Waals surface area contributed by atoms with Crippen LogP contribution in [0.5, 0.6) is 0 Å². The summed E-state index contributed by atoms with van der Waals surface area (Å²) in [5.74, 6) is 0.586. The Balaban J connectivity index is 2.29. The van der Waals surface area contributed by atoms with Gasteiger partial charge >= 0.3 is 0 Å². The number of morpholine rings is 1. The van der Waals surface area contributed by atoms with Gasteiger partial charge in [0.2, 0.25) is 0 Å². The lowest BCUT2D eigenvalue weighted by molar-refractivity contribution is -0.107. The van der Waals surface area contributed by atoms with Crippen LogP contribution in [0.3, 0.4) is 0 Å². The van der Waals surface area contributed by atoms with Crippen molar-refractivity contribution in [2.24, 2.45) is 0 Å². The summed E-state index contributed by atoms with van der Waals surface area (Å²) in [5, 5.41) is 0.737. The lowest BCUT2D eigenvalue weighted by Gasteiger charge is -2.41. The molecule has 1 aliphatic heterocycles. The Morgan fingerprint density at radius 2 is 2.32 bits per heavy atom. The highest BCUT2D eigenvalue weighted by Crippen LogP contribution is 2.26. The van der Waals surface area contributed by atoms with E-state index < -0.39 is 15.6 Å². The maximum absolute atomic E-state index is 12.5. The van der Waals surface area contributed by atoms with Crippen LogP contribution in [0.2, 0.25) is 0 Å². The molecule has 0 bridgehead atoms. The van der Waals surface area contributed by atoms with Crippen molar-refractivity contribution in [2.75, 3.05) is 18.4 Å². The molecule has 2 heterocycles. The van der Waals surface area contributed by atoms with Crippen LogP contribution in [0.1, 0.15) is 19.7 Å². The van der Waals surface area contributed by atoms with Crippen LogP contribution < -0.4 is 0 Å². The van der Waals surface area contributed by atoms with Crippen molar-refractivity contribution in [1.82, 2.24) is 14.3 Å². The van der Waals surface area contributed by atoms with Crippen molar-refractivity contribution in [2.45, 2.75) is 37.5 Å². The molecule has 0 aromatic carbocycles. The average molecular weight is 352 g/mol. The lowest BCUT2D eigenvalue weighted by atomic mass is 10.1. The first-order valence-electron chi connectivity index (χ1n) is 6.00. The van der Waals surface area contributed by atoms with E-state index in [0.717, 1.165) is 0 Å². The largest absolute Gasteiger partial charge is 0.369 e. The second kappa shape index (κ2) is 5.16. The molecule has 0 amide bonds. The molecule has 108 valence electrons. The van der Waals surface area contributed by atoms with Crippen LogP contribution in [-0.2, 0) is 14.8 Å². The predicted octanol–water partition coefficient (Wildman–Crippen LogP) is 1.28. The normalized spacial score (nSPS) is 24.5. The van der Waals surface area contributed by atoms with Crippen molar-refractivity contribution < 1.29 is 13.2 Å². The second-order valence-electron chi connectivity index (χ2n) is 5.28. The number of hydrogen-bond acceptors (Lipinski definition) is 4. The molecule has 0 spiro atoms. The number of sulfonamides is 1. The first-order chi connectivity index (χ1) is 8.74. The highest BCUT2D eigenvalue weighted by atomic mass is 79.9. The summed E-state index contributed by atoms with van der Waals surface area (Å²) < 4.78 is 32.3. The van der Waals surface area contributed by atoms with Crippen molar-refractivity contribution >= 4 is 26.0 Å². The van der Waals surface area contributed by atoms with Gasteiger partial charge in [-0.1, -0.05) is 15.9 Å². The molecule has 0 aliphatic carbocycles. The number of H-pyrrole nitrogens is 1. The van der Waals surface area contributed by atoms with E-state index in [1.807, 2.05) is 13.8 Å². The van der Waals surface area contributed by atoms with E-state index in [2.05, 4.69) is 25.9 Å². The average Bonchev–Trinajstić information content (AvgIpc) is 2.74. The minimum absolute atomic E-state index is 0.135. The Bertz CT molecular complexity index is 555. The zero-order valence-corrected chi connectivity index (χ0v) is 13.6. The fourth-order valence-corrected chi connectivity index (χ4v) is 4.10. The number of nitrogens with one attached hydrogen (secondary N) is 1. The molecule has 1 aromatic rings. The van der Waals surface area contributed by atoms with E-state index in [1.165, 1.54) is 10.5 Å². The molecule has 6 nitrogen and oxygen atoms in total. The lowest BCUT2D eigenvalue weighted by Crippen LogP contribution is -2.55. The summed E-state index contributed by atoms with van der Waals surface area (Å²) in [5.41, 5.74) is -0.501. The quantitative estimate of drug-likeness (QED) is 0.832. The summed E-state index contributed by atoms with van der Waals surface area (Å²) >= 11 is 3.35. The molecule has 1 fully saturated rings. The predicted molar refractivity (Wildman–Crippen MR) is 74.8 cm³/mol. The highest BCUT2D eigenvalue weighted by molar-refractivity contribution is 9.09. The number of rotatable bonds is 3. The van der Waals surface area contributed by atoms with E-state index in [-0.39, 0.29) is 11.1 Å². The van der Waals surface area contributed by atoms with Gasteiger partial charge in [-0.05, 0) is 20.8 Å². The SMILES string of the molecule is Cc1ncc(S(=O)(=O)N2CC(CBr)OC(C)(C)C2)[nH]1. The molecule has 0 saturated carbocycles. The van der Waals surface area contributed by atoms with Gasteiger partial charge in [0.25, 0.3) is 10.0 Å². The molecule has 1 atom stereocenters. The fraction of sp³-hybridized carbons (Fsp3) is 0.727. The maximum Gasteiger partial charge on any atom is 0.260 e. The number of aromatic amines is 1. The number of halogens is 1. The third-order valence-electron chi connectivity index (χ3n) is 2.92. The number of hydrogen-bond donors (Lipinski definition) is 1. The monoisotopic (exact) mass is 351 g/mol. The molecule has 1 N–H and O–H groups in total. The van der Waals surface area contributed by atoms with Crippen molar-refractivity contribution in [3.63, 3.8) is 0 Å². The first-order valence-corrected chi connectivity index (χ1v) is 8.56. The minimum Gasteiger partial charge on any atom is -0.369 e. The molecular weight excluding hydrogens is 334 g/mol. The Morgan fingerprint density at radius 1 is 1.63 bits per heavy atom. The van der Waals surface area contributed by atoms with Crippen LogP contribution in [-0.4, -0.2) is 52.8 Å². The summed E-state index contributed by atoms with van der Waals surface area (Å²) in [6.07, 6.45) is 1.21. The number of imidazole rings is 1. The molecule has 1 unspecified atom stereocenters. The number of nitrogens with zero attached hydrogens (tertiary/aromatic N) is 2. The summed E-state index contributed by atoms with van der Waals surface area (Å²) in [6, 6.07) is 0. The summed E-state index contributed by atoms with van der Waals surface area (Å²) in [7, 11) is -3.54. The van der Waals surface area contributed by atoms with Gasteiger partial charge < -0.3 is 9.72 Å². The molecule has 1 aliphatic rings. The van der Waals surface area contributed by atoms with Crippen LogP contribution in [0.15, 0.2) is 11.2 Å². The smallest absolute Gasteiger partial charge is 0.260 e. The highest BCUT2D eigenvalue weighted by Gasteiger charge is 2.39. The van der Waals surface area contributed by atoms with Gasteiger partial charge in [-0.2, -0.15) is 4.31 Å². The zero-order chi connectivity index (χ0) is 14.3. The first kappa shape index (κ1) is 15.0. The number of ether oxygens (including phenoxy) is 1. The van der Waals surface area contributed by atoms with Crippen molar-refractivity contribution in [3.8, 4) is 0 Å². The molecule has 0 radical (unpaired) electrons. The van der Waals surface area contributed by atoms with E-state index in [4.69, 9.17) is 4.74 Å². The van der Waals surface area contributed by atoms with Crippen LogP contribution >= 0.6 is 15.9 Å². The maximum atomic E-state index is 12.5. The molecule has 19 heavy (non-hydrogen) atoms. The summed E-state index contributed by atoms with van der Waals surface area (Å²) in [4.78, 5) is 6.73. The molecule has 8 heteroatoms. The summed E-state index contributed by atoms with van der Waals surface area (Å²) in [6.45, 7) is 6.18. The number of aromatic nitrogens is 2.